The van der Waals surface area contributed by atoms with Gasteiger partial charge >= 0.3 is 0 Å². The van der Waals surface area contributed by atoms with E-state index >= 15 is 0 Å². The molecule has 8 heteroatoms. The second kappa shape index (κ2) is 14.6. The molecule has 0 bridgehead atoms. The van der Waals surface area contributed by atoms with E-state index in [0.717, 1.165) is 5.56 Å². The van der Waals surface area contributed by atoms with E-state index in [1.807, 2.05) is 6.92 Å². The minimum Gasteiger partial charge on any atom is -0.383 e. The number of halogens is 1. The molecule has 0 aliphatic carbocycles. The Morgan fingerprint density at radius 2 is 1.57 bits per heavy atom. The number of rotatable bonds is 10. The average Bonchev–Trinajstić information content (AvgIpc) is 2.85. The minimum absolute atomic E-state index is 0.0987. The van der Waals surface area contributed by atoms with Crippen LogP contribution in [0.25, 0.3) is 0 Å². The molecule has 0 radical (unpaired) electrons. The maximum Gasteiger partial charge on any atom is 0.251 e. The number of sulfonamides is 1. The van der Waals surface area contributed by atoms with Crippen LogP contribution in [0.3, 0.4) is 0 Å². The van der Waals surface area contributed by atoms with E-state index in [9.17, 15) is 13.2 Å². The van der Waals surface area contributed by atoms with E-state index in [1.54, 1.807) is 31.4 Å². The summed E-state index contributed by atoms with van der Waals surface area (Å²) in [6.07, 6.45) is 2.45. The highest BCUT2D eigenvalue weighted by Gasteiger charge is 2.14. The topological polar surface area (TPSA) is 84.5 Å². The van der Waals surface area contributed by atoms with Crippen LogP contribution in [0.2, 0.25) is 5.02 Å². The lowest BCUT2D eigenvalue weighted by Crippen LogP contribution is -2.35. The lowest BCUT2D eigenvalue weighted by molar-refractivity contribution is 0.0905. The van der Waals surface area contributed by atoms with Crippen molar-refractivity contribution in [2.75, 3.05) is 13.7 Å². The lowest BCUT2D eigenvalue weighted by Gasteiger charge is -2.13. The van der Waals surface area contributed by atoms with E-state index in [2.05, 4.69) is 47.3 Å². The van der Waals surface area contributed by atoms with Crippen LogP contribution < -0.4 is 10.0 Å². The van der Waals surface area contributed by atoms with E-state index < -0.39 is 10.0 Å². The molecule has 0 saturated carbocycles. The molecule has 6 nitrogen and oxygen atoms in total. The Labute approximate surface area is 213 Å². The lowest BCUT2D eigenvalue weighted by atomic mass is 10.1. The van der Waals surface area contributed by atoms with Crippen LogP contribution in [0, 0.1) is 0 Å². The van der Waals surface area contributed by atoms with Gasteiger partial charge in [0.05, 0.1) is 11.5 Å². The number of amides is 1. The van der Waals surface area contributed by atoms with Gasteiger partial charge in [-0.25, -0.2) is 13.1 Å². The van der Waals surface area contributed by atoms with E-state index in [-0.39, 0.29) is 23.4 Å². The summed E-state index contributed by atoms with van der Waals surface area (Å²) >= 11 is 5.77. The molecule has 3 aromatic rings. The highest BCUT2D eigenvalue weighted by atomic mass is 35.5. The Hall–Kier alpha value is -2.71. The highest BCUT2D eigenvalue weighted by Crippen LogP contribution is 2.14. The normalized spacial score (nSPS) is 11.8. The van der Waals surface area contributed by atoms with Gasteiger partial charge in [0.2, 0.25) is 10.0 Å². The quantitative estimate of drug-likeness (QED) is 0.387. The SMILES string of the molecule is CCCc1ccccc1.COCC(C)NC(=O)c1ccc(CNS(=O)(=O)c2ccc(Cl)cc2)cc1. The van der Waals surface area contributed by atoms with Crippen LogP contribution in [0.4, 0.5) is 0 Å². The zero-order chi connectivity index (χ0) is 25.7. The number of carbonyl (C=O) groups excluding carboxylic acids is 1. The van der Waals surface area contributed by atoms with Crippen LogP contribution in [-0.2, 0) is 27.7 Å². The van der Waals surface area contributed by atoms with Crippen molar-refractivity contribution in [1.82, 2.24) is 10.0 Å². The third-order valence-corrected chi connectivity index (χ3v) is 6.65. The molecule has 0 saturated heterocycles. The summed E-state index contributed by atoms with van der Waals surface area (Å²) in [6, 6.07) is 23.1. The molecule has 0 aliphatic heterocycles. The van der Waals surface area contributed by atoms with Crippen LogP contribution in [0.15, 0.2) is 83.8 Å². The fourth-order valence-corrected chi connectivity index (χ4v) is 4.33. The monoisotopic (exact) mass is 516 g/mol. The minimum atomic E-state index is -3.63. The Bertz CT molecular complexity index is 1140. The summed E-state index contributed by atoms with van der Waals surface area (Å²) in [6.45, 7) is 4.59. The fourth-order valence-electron chi connectivity index (χ4n) is 3.18. The van der Waals surface area contributed by atoms with Gasteiger partial charge in [0.25, 0.3) is 5.91 Å². The van der Waals surface area contributed by atoms with Gasteiger partial charge in [-0.15, -0.1) is 0 Å². The number of nitrogens with one attached hydrogen (secondary N) is 2. The molecule has 0 spiro atoms. The van der Waals surface area contributed by atoms with Crippen molar-refractivity contribution >= 4 is 27.5 Å². The van der Waals surface area contributed by atoms with Crippen LogP contribution >= 0.6 is 11.6 Å². The molecular weight excluding hydrogens is 484 g/mol. The number of benzene rings is 3. The summed E-state index contributed by atoms with van der Waals surface area (Å²) in [7, 11) is -2.05. The van der Waals surface area contributed by atoms with E-state index in [1.165, 1.54) is 42.7 Å². The molecule has 3 aromatic carbocycles. The van der Waals surface area contributed by atoms with Crippen molar-refractivity contribution in [3.8, 4) is 0 Å². The van der Waals surface area contributed by atoms with Gasteiger partial charge in [-0.1, -0.05) is 67.4 Å². The van der Waals surface area contributed by atoms with Gasteiger partial charge in [-0.05, 0) is 60.9 Å². The molecule has 2 N–H and O–H groups in total. The van der Waals surface area contributed by atoms with Crippen molar-refractivity contribution in [3.63, 3.8) is 0 Å². The van der Waals surface area contributed by atoms with Gasteiger partial charge < -0.3 is 10.1 Å². The summed E-state index contributed by atoms with van der Waals surface area (Å²) in [5, 5.41) is 3.28. The smallest absolute Gasteiger partial charge is 0.251 e. The number of hydrogen-bond donors (Lipinski definition) is 2. The Morgan fingerprint density at radius 1 is 0.943 bits per heavy atom. The molecular formula is C27H33ClN2O4S. The molecule has 1 amide bonds. The van der Waals surface area contributed by atoms with Gasteiger partial charge in [-0.2, -0.15) is 0 Å². The fraction of sp³-hybridized carbons (Fsp3) is 0.296. The van der Waals surface area contributed by atoms with E-state index in [0.29, 0.717) is 17.2 Å². The van der Waals surface area contributed by atoms with Gasteiger partial charge in [0.15, 0.2) is 0 Å². The first kappa shape index (κ1) is 28.5. The Balaban J connectivity index is 0.000000402. The molecule has 188 valence electrons. The summed E-state index contributed by atoms with van der Waals surface area (Å²) in [5.41, 5.74) is 2.68. The molecule has 0 aromatic heterocycles. The zero-order valence-electron chi connectivity index (χ0n) is 20.3. The third kappa shape index (κ3) is 10.2. The molecule has 1 unspecified atom stereocenters. The molecule has 3 rings (SSSR count). The number of ether oxygens (including phenoxy) is 1. The maximum absolute atomic E-state index is 12.2. The van der Waals surface area contributed by atoms with Crippen LogP contribution in [-0.4, -0.2) is 34.1 Å². The Kier molecular flexibility index (Phi) is 11.9. The second-order valence-electron chi connectivity index (χ2n) is 8.04. The summed E-state index contributed by atoms with van der Waals surface area (Å²) in [4.78, 5) is 12.2. The van der Waals surface area contributed by atoms with Gasteiger partial charge in [0.1, 0.15) is 0 Å². The predicted molar refractivity (Wildman–Crippen MR) is 141 cm³/mol. The van der Waals surface area contributed by atoms with Crippen molar-refractivity contribution in [2.24, 2.45) is 0 Å². The van der Waals surface area contributed by atoms with E-state index in [4.69, 9.17) is 16.3 Å². The third-order valence-electron chi connectivity index (χ3n) is 4.98. The van der Waals surface area contributed by atoms with Crippen molar-refractivity contribution < 1.29 is 17.9 Å². The largest absolute Gasteiger partial charge is 0.383 e. The number of methoxy groups -OCH3 is 1. The molecule has 1 atom stereocenters. The van der Waals surface area contributed by atoms with Crippen molar-refractivity contribution in [3.05, 3.63) is 101 Å². The zero-order valence-corrected chi connectivity index (χ0v) is 21.9. The summed E-state index contributed by atoms with van der Waals surface area (Å²) in [5.74, 6) is -0.206. The average molecular weight is 517 g/mol. The maximum atomic E-state index is 12.2. The number of carbonyl (C=O) groups is 1. The van der Waals surface area contributed by atoms with Crippen LogP contribution in [0.5, 0.6) is 0 Å². The number of hydrogen-bond acceptors (Lipinski definition) is 4. The van der Waals surface area contributed by atoms with Gasteiger partial charge in [0, 0.05) is 30.3 Å². The molecule has 35 heavy (non-hydrogen) atoms. The number of aryl methyl sites for hydroxylation is 1. The second-order valence-corrected chi connectivity index (χ2v) is 10.2. The molecule has 0 aliphatic rings. The molecule has 0 heterocycles. The predicted octanol–water partition coefficient (Wildman–Crippen LogP) is 5.22. The molecule has 0 fully saturated rings. The first-order chi connectivity index (χ1) is 16.7. The van der Waals surface area contributed by atoms with Gasteiger partial charge in [-0.3, -0.25) is 4.79 Å². The standard InChI is InChI=1S/C18H21ClN2O4S.C9H12/c1-13(12-25-2)21-18(22)15-5-3-14(4-6-15)11-20-26(23,24)17-9-7-16(19)8-10-17;1-2-6-9-7-4-3-5-8-9/h3-10,13,20H,11-12H2,1-2H3,(H,21,22);3-5,7-8H,2,6H2,1H3. The highest BCUT2D eigenvalue weighted by molar-refractivity contribution is 7.89. The van der Waals surface area contributed by atoms with Crippen molar-refractivity contribution in [2.45, 2.75) is 44.2 Å². The first-order valence-electron chi connectivity index (χ1n) is 11.4. The summed E-state index contributed by atoms with van der Waals surface area (Å²) < 4.78 is 32.0. The van der Waals surface area contributed by atoms with Crippen molar-refractivity contribution in [1.29, 1.82) is 0 Å². The Morgan fingerprint density at radius 3 is 2.14 bits per heavy atom. The first-order valence-corrected chi connectivity index (χ1v) is 13.3. The van der Waals surface area contributed by atoms with Crippen LogP contribution in [0.1, 0.15) is 41.8 Å².